The van der Waals surface area contributed by atoms with E-state index in [1.807, 2.05) is 23.0 Å². The number of hydrogen-bond acceptors (Lipinski definition) is 3. The number of piperidine rings is 1. The normalized spacial score (nSPS) is 18.6. The van der Waals surface area contributed by atoms with Crippen LogP contribution in [0.4, 0.5) is 0 Å². The first-order chi connectivity index (χ1) is 11.6. The number of rotatable bonds is 6. The van der Waals surface area contributed by atoms with Gasteiger partial charge in [-0.1, -0.05) is 24.6 Å². The van der Waals surface area contributed by atoms with Crippen molar-refractivity contribution in [3.8, 4) is 5.69 Å². The maximum atomic E-state index is 10.9. The lowest BCUT2D eigenvalue weighted by atomic mass is 9.97. The third-order valence-electron chi connectivity index (χ3n) is 4.82. The van der Waals surface area contributed by atoms with Crippen molar-refractivity contribution in [3.63, 3.8) is 0 Å². The lowest BCUT2D eigenvalue weighted by Gasteiger charge is -2.35. The SMILES string of the molecule is Cc1ccccc1-n1cc(CN2CCCCC2CCC(=O)O)cn1. The molecule has 24 heavy (non-hydrogen) atoms. The summed E-state index contributed by atoms with van der Waals surface area (Å²) in [5, 5.41) is 13.5. The molecule has 2 aromatic rings. The van der Waals surface area contributed by atoms with E-state index in [9.17, 15) is 4.79 Å². The Balaban J connectivity index is 1.68. The number of likely N-dealkylation sites (tertiary alicyclic amines) is 1. The van der Waals surface area contributed by atoms with Gasteiger partial charge in [-0.25, -0.2) is 4.68 Å². The molecule has 1 aromatic heterocycles. The monoisotopic (exact) mass is 327 g/mol. The number of aryl methyl sites for hydroxylation is 1. The number of carboxylic acids is 1. The molecule has 0 aliphatic carbocycles. The van der Waals surface area contributed by atoms with Gasteiger partial charge >= 0.3 is 5.97 Å². The summed E-state index contributed by atoms with van der Waals surface area (Å²) in [6.07, 6.45) is 8.49. The van der Waals surface area contributed by atoms with Gasteiger partial charge in [0.05, 0.1) is 11.9 Å². The lowest BCUT2D eigenvalue weighted by molar-refractivity contribution is -0.137. The summed E-state index contributed by atoms with van der Waals surface area (Å²) in [4.78, 5) is 13.3. The van der Waals surface area contributed by atoms with Crippen LogP contribution in [0.5, 0.6) is 0 Å². The van der Waals surface area contributed by atoms with Gasteiger partial charge in [0.25, 0.3) is 0 Å². The van der Waals surface area contributed by atoms with E-state index in [4.69, 9.17) is 5.11 Å². The molecule has 1 aliphatic rings. The second-order valence-electron chi connectivity index (χ2n) is 6.63. The summed E-state index contributed by atoms with van der Waals surface area (Å²) in [6.45, 7) is 3.97. The Morgan fingerprint density at radius 3 is 2.96 bits per heavy atom. The molecule has 0 saturated carbocycles. The van der Waals surface area contributed by atoms with E-state index in [1.54, 1.807) is 0 Å². The van der Waals surface area contributed by atoms with Crippen LogP contribution in [-0.2, 0) is 11.3 Å². The molecule has 1 N–H and O–H groups in total. The van der Waals surface area contributed by atoms with Gasteiger partial charge in [0.2, 0.25) is 0 Å². The van der Waals surface area contributed by atoms with Gasteiger partial charge in [-0.2, -0.15) is 5.10 Å². The summed E-state index contributed by atoms with van der Waals surface area (Å²) in [5.74, 6) is -0.701. The number of benzene rings is 1. The molecule has 1 aromatic carbocycles. The summed E-state index contributed by atoms with van der Waals surface area (Å²) in [5.41, 5.74) is 3.48. The van der Waals surface area contributed by atoms with Crippen LogP contribution >= 0.6 is 0 Å². The Bertz CT molecular complexity index is 695. The zero-order valence-corrected chi connectivity index (χ0v) is 14.2. The second kappa shape index (κ2) is 7.62. The van der Waals surface area contributed by atoms with Crippen LogP contribution < -0.4 is 0 Å². The summed E-state index contributed by atoms with van der Waals surface area (Å²) in [6, 6.07) is 8.59. The maximum Gasteiger partial charge on any atom is 0.303 e. The topological polar surface area (TPSA) is 58.4 Å². The van der Waals surface area contributed by atoms with Crippen LogP contribution in [0.25, 0.3) is 5.69 Å². The van der Waals surface area contributed by atoms with Crippen LogP contribution in [0.15, 0.2) is 36.7 Å². The highest BCUT2D eigenvalue weighted by atomic mass is 16.4. The van der Waals surface area contributed by atoms with E-state index in [2.05, 4.69) is 35.3 Å². The van der Waals surface area contributed by atoms with Gasteiger partial charge in [0.15, 0.2) is 0 Å². The van der Waals surface area contributed by atoms with Crippen LogP contribution in [0, 0.1) is 6.92 Å². The molecule has 1 aliphatic heterocycles. The highest BCUT2D eigenvalue weighted by Gasteiger charge is 2.23. The molecule has 1 atom stereocenters. The highest BCUT2D eigenvalue weighted by molar-refractivity contribution is 5.66. The Labute approximate surface area is 142 Å². The van der Waals surface area contributed by atoms with Crippen molar-refractivity contribution >= 4 is 5.97 Å². The molecule has 0 amide bonds. The predicted molar refractivity (Wildman–Crippen MR) is 93.2 cm³/mol. The number of aliphatic carboxylic acids is 1. The molecule has 5 nitrogen and oxygen atoms in total. The van der Waals surface area contributed by atoms with Crippen molar-refractivity contribution in [2.24, 2.45) is 0 Å². The highest BCUT2D eigenvalue weighted by Crippen LogP contribution is 2.23. The lowest BCUT2D eigenvalue weighted by Crippen LogP contribution is -2.39. The molecule has 1 saturated heterocycles. The molecule has 0 radical (unpaired) electrons. The molecule has 0 bridgehead atoms. The number of carbonyl (C=O) groups is 1. The quantitative estimate of drug-likeness (QED) is 0.883. The van der Waals surface area contributed by atoms with E-state index >= 15 is 0 Å². The maximum absolute atomic E-state index is 10.9. The summed E-state index contributed by atoms with van der Waals surface area (Å²) >= 11 is 0. The van der Waals surface area contributed by atoms with Crippen molar-refractivity contribution in [3.05, 3.63) is 47.8 Å². The van der Waals surface area contributed by atoms with Crippen molar-refractivity contribution in [2.45, 2.75) is 51.6 Å². The molecule has 1 unspecified atom stereocenters. The molecule has 128 valence electrons. The van der Waals surface area contributed by atoms with E-state index in [1.165, 1.54) is 24.0 Å². The molecule has 3 rings (SSSR count). The predicted octanol–water partition coefficient (Wildman–Crippen LogP) is 3.40. The van der Waals surface area contributed by atoms with Gasteiger partial charge in [-0.15, -0.1) is 0 Å². The van der Waals surface area contributed by atoms with Gasteiger partial charge in [0, 0.05) is 30.8 Å². The Morgan fingerprint density at radius 1 is 1.33 bits per heavy atom. The first kappa shape index (κ1) is 16.7. The van der Waals surface area contributed by atoms with E-state index in [-0.39, 0.29) is 6.42 Å². The largest absolute Gasteiger partial charge is 0.481 e. The van der Waals surface area contributed by atoms with Crippen LogP contribution in [-0.4, -0.2) is 38.3 Å². The molecular formula is C19H25N3O2. The average molecular weight is 327 g/mol. The van der Waals surface area contributed by atoms with Gasteiger partial charge in [-0.05, 0) is 44.4 Å². The minimum Gasteiger partial charge on any atom is -0.481 e. The number of carboxylic acid groups (broad SMARTS) is 1. The third-order valence-corrected chi connectivity index (χ3v) is 4.82. The molecule has 1 fully saturated rings. The van der Waals surface area contributed by atoms with Crippen LogP contribution in [0.1, 0.15) is 43.2 Å². The fourth-order valence-electron chi connectivity index (χ4n) is 3.51. The first-order valence-electron chi connectivity index (χ1n) is 8.69. The minimum atomic E-state index is -0.701. The van der Waals surface area contributed by atoms with Gasteiger partial charge in [-0.3, -0.25) is 9.69 Å². The summed E-state index contributed by atoms with van der Waals surface area (Å²) < 4.78 is 1.93. The van der Waals surface area contributed by atoms with Crippen molar-refractivity contribution in [1.82, 2.24) is 14.7 Å². The molecule has 5 heteroatoms. The Morgan fingerprint density at radius 2 is 2.17 bits per heavy atom. The summed E-state index contributed by atoms with van der Waals surface area (Å²) in [7, 11) is 0. The van der Waals surface area contributed by atoms with Crippen LogP contribution in [0.2, 0.25) is 0 Å². The molecule has 2 heterocycles. The fraction of sp³-hybridized carbons (Fsp3) is 0.474. The molecule has 0 spiro atoms. The smallest absolute Gasteiger partial charge is 0.303 e. The van der Waals surface area contributed by atoms with Crippen LogP contribution in [0.3, 0.4) is 0 Å². The van der Waals surface area contributed by atoms with E-state index in [0.29, 0.717) is 6.04 Å². The number of nitrogens with zero attached hydrogens (tertiary/aromatic N) is 3. The van der Waals surface area contributed by atoms with E-state index < -0.39 is 5.97 Å². The first-order valence-corrected chi connectivity index (χ1v) is 8.69. The third kappa shape index (κ3) is 4.03. The van der Waals surface area contributed by atoms with Crippen molar-refractivity contribution in [2.75, 3.05) is 6.54 Å². The molecular weight excluding hydrogens is 302 g/mol. The second-order valence-corrected chi connectivity index (χ2v) is 6.63. The average Bonchev–Trinajstić information content (AvgIpc) is 3.03. The fourth-order valence-corrected chi connectivity index (χ4v) is 3.51. The standard InChI is InChI=1S/C19H25N3O2/c1-15-6-2-3-8-18(15)22-14-16(12-20-22)13-21-11-5-4-7-17(21)9-10-19(23)24/h2-3,6,8,12,14,17H,4-5,7,9-11,13H2,1H3,(H,23,24). The van der Waals surface area contributed by atoms with E-state index in [0.717, 1.165) is 31.6 Å². The Hall–Kier alpha value is -2.14. The minimum absolute atomic E-state index is 0.254. The van der Waals surface area contributed by atoms with Crippen molar-refractivity contribution in [1.29, 1.82) is 0 Å². The number of aromatic nitrogens is 2. The number of hydrogen-bond donors (Lipinski definition) is 1. The van der Waals surface area contributed by atoms with Gasteiger partial charge < -0.3 is 5.11 Å². The van der Waals surface area contributed by atoms with Crippen molar-refractivity contribution < 1.29 is 9.90 Å². The number of para-hydroxylation sites is 1. The zero-order valence-electron chi connectivity index (χ0n) is 14.2. The zero-order chi connectivity index (χ0) is 16.9. The Kier molecular flexibility index (Phi) is 5.30. The van der Waals surface area contributed by atoms with Gasteiger partial charge in [0.1, 0.15) is 0 Å².